The molecular weight excluding hydrogens is 350 g/mol. The van der Waals surface area contributed by atoms with Crippen LogP contribution in [-0.4, -0.2) is 67.8 Å². The van der Waals surface area contributed by atoms with Gasteiger partial charge in [-0.25, -0.2) is 0 Å². The molecule has 1 saturated heterocycles. The summed E-state index contributed by atoms with van der Waals surface area (Å²) in [7, 11) is 3.08. The number of hydrogen-bond acceptors (Lipinski definition) is 7. The molecule has 0 atom stereocenters. The van der Waals surface area contributed by atoms with Crippen molar-refractivity contribution in [3.8, 4) is 11.5 Å². The Labute approximate surface area is 156 Å². The lowest BCUT2D eigenvalue weighted by Crippen LogP contribution is -2.46. The Morgan fingerprint density at radius 3 is 2.37 bits per heavy atom. The van der Waals surface area contributed by atoms with E-state index in [9.17, 15) is 9.59 Å². The number of benzene rings is 1. The molecule has 2 heterocycles. The van der Waals surface area contributed by atoms with Crippen molar-refractivity contribution >= 4 is 23.8 Å². The number of piperazine rings is 1. The highest BCUT2D eigenvalue weighted by Crippen LogP contribution is 2.29. The van der Waals surface area contributed by atoms with Gasteiger partial charge in [-0.2, -0.15) is 0 Å². The third-order valence-electron chi connectivity index (χ3n) is 4.31. The van der Waals surface area contributed by atoms with Gasteiger partial charge in [-0.1, -0.05) is 0 Å². The maximum Gasteiger partial charge on any atom is 0.276 e. The van der Waals surface area contributed by atoms with Crippen molar-refractivity contribution in [1.82, 2.24) is 15.1 Å². The second kappa shape index (κ2) is 8.35. The molecule has 27 heavy (non-hydrogen) atoms. The highest BCUT2D eigenvalue weighted by Gasteiger charge is 2.18. The topological polar surface area (TPSA) is 96.9 Å². The molecule has 0 bridgehead atoms. The molecule has 1 N–H and O–H groups in total. The number of nitrogens with one attached hydrogen (secondary N) is 1. The van der Waals surface area contributed by atoms with Gasteiger partial charge in [0.25, 0.3) is 5.91 Å². The van der Waals surface area contributed by atoms with Crippen LogP contribution in [-0.2, 0) is 4.79 Å². The van der Waals surface area contributed by atoms with Gasteiger partial charge in [0, 0.05) is 37.9 Å². The van der Waals surface area contributed by atoms with E-state index in [1.165, 1.54) is 7.11 Å². The average Bonchev–Trinajstić information content (AvgIpc) is 2.73. The number of carbonyl (C=O) groups excluding carboxylic acids is 2. The van der Waals surface area contributed by atoms with Crippen LogP contribution < -0.4 is 19.7 Å². The number of methoxy groups -OCH3 is 2. The van der Waals surface area contributed by atoms with Crippen molar-refractivity contribution in [3.63, 3.8) is 0 Å². The standard InChI is InChI=1S/C18H21N5O4/c1-26-15-5-3-13(11-16(15)27-2)19-18(25)14-4-6-17(21-20-14)23-9-7-22(12-24)8-10-23/h3-6,11-12H,7-10H2,1-2H3,(H,19,25). The summed E-state index contributed by atoms with van der Waals surface area (Å²) in [6.45, 7) is 2.66. The Balaban J connectivity index is 1.65. The molecule has 1 aliphatic rings. The Kier molecular flexibility index (Phi) is 5.70. The smallest absolute Gasteiger partial charge is 0.276 e. The summed E-state index contributed by atoms with van der Waals surface area (Å²) in [5.74, 6) is 1.41. The van der Waals surface area contributed by atoms with E-state index < -0.39 is 0 Å². The van der Waals surface area contributed by atoms with Crippen LogP contribution in [0.1, 0.15) is 10.5 Å². The normalized spacial score (nSPS) is 13.9. The lowest BCUT2D eigenvalue weighted by molar-refractivity contribution is -0.118. The number of nitrogens with zero attached hydrogens (tertiary/aromatic N) is 4. The second-order valence-electron chi connectivity index (χ2n) is 5.93. The third kappa shape index (κ3) is 4.25. The molecule has 3 rings (SSSR count). The van der Waals surface area contributed by atoms with Gasteiger partial charge in [0.15, 0.2) is 23.0 Å². The molecule has 1 fully saturated rings. The first-order chi connectivity index (χ1) is 13.1. The molecule has 0 aliphatic carbocycles. The number of ether oxygens (including phenoxy) is 2. The third-order valence-corrected chi connectivity index (χ3v) is 4.31. The van der Waals surface area contributed by atoms with Crippen LogP contribution in [0.5, 0.6) is 11.5 Å². The van der Waals surface area contributed by atoms with Crippen LogP contribution in [0.2, 0.25) is 0 Å². The van der Waals surface area contributed by atoms with Crippen molar-refractivity contribution in [3.05, 3.63) is 36.0 Å². The Bertz CT molecular complexity index is 804. The fourth-order valence-electron chi connectivity index (χ4n) is 2.78. The van der Waals surface area contributed by atoms with Crippen LogP contribution in [0, 0.1) is 0 Å². The molecule has 1 aromatic heterocycles. The Hall–Kier alpha value is -3.36. The monoisotopic (exact) mass is 371 g/mol. The molecule has 0 spiro atoms. The number of hydrogen-bond donors (Lipinski definition) is 1. The van der Waals surface area contributed by atoms with Gasteiger partial charge < -0.3 is 24.6 Å². The first-order valence-corrected chi connectivity index (χ1v) is 8.46. The van der Waals surface area contributed by atoms with E-state index in [2.05, 4.69) is 15.5 Å². The first kappa shape index (κ1) is 18.4. The molecule has 142 valence electrons. The van der Waals surface area contributed by atoms with E-state index in [1.54, 1.807) is 42.3 Å². The largest absolute Gasteiger partial charge is 0.493 e. The fourth-order valence-corrected chi connectivity index (χ4v) is 2.78. The zero-order valence-electron chi connectivity index (χ0n) is 15.2. The molecule has 0 saturated carbocycles. The summed E-state index contributed by atoms with van der Waals surface area (Å²) in [6, 6.07) is 8.48. The lowest BCUT2D eigenvalue weighted by atomic mass is 10.2. The van der Waals surface area contributed by atoms with Crippen molar-refractivity contribution in [2.75, 3.05) is 50.6 Å². The minimum atomic E-state index is -0.368. The Morgan fingerprint density at radius 1 is 1.04 bits per heavy atom. The number of amides is 2. The second-order valence-corrected chi connectivity index (χ2v) is 5.93. The first-order valence-electron chi connectivity index (χ1n) is 8.46. The van der Waals surface area contributed by atoms with Gasteiger partial charge in [-0.05, 0) is 24.3 Å². The van der Waals surface area contributed by atoms with Gasteiger partial charge in [-0.15, -0.1) is 10.2 Å². The number of anilines is 2. The summed E-state index contributed by atoms with van der Waals surface area (Å²) in [4.78, 5) is 26.9. The van der Waals surface area contributed by atoms with Crippen LogP contribution >= 0.6 is 0 Å². The molecular formula is C18H21N5O4. The summed E-state index contributed by atoms with van der Waals surface area (Å²) < 4.78 is 10.4. The summed E-state index contributed by atoms with van der Waals surface area (Å²) in [5.41, 5.74) is 0.772. The SMILES string of the molecule is COc1ccc(NC(=O)c2ccc(N3CCN(C=O)CC3)nn2)cc1OC. The minimum Gasteiger partial charge on any atom is -0.493 e. The number of rotatable bonds is 6. The van der Waals surface area contributed by atoms with Crippen LogP contribution in [0.15, 0.2) is 30.3 Å². The van der Waals surface area contributed by atoms with Gasteiger partial charge in [0.2, 0.25) is 6.41 Å². The van der Waals surface area contributed by atoms with Gasteiger partial charge >= 0.3 is 0 Å². The predicted molar refractivity (Wildman–Crippen MR) is 99.4 cm³/mol. The Morgan fingerprint density at radius 2 is 1.78 bits per heavy atom. The fraction of sp³-hybridized carbons (Fsp3) is 0.333. The van der Waals surface area contributed by atoms with E-state index in [1.807, 2.05) is 4.90 Å². The molecule has 2 amide bonds. The van der Waals surface area contributed by atoms with E-state index >= 15 is 0 Å². The molecule has 0 radical (unpaired) electrons. The zero-order valence-corrected chi connectivity index (χ0v) is 15.2. The molecule has 1 aromatic carbocycles. The highest BCUT2D eigenvalue weighted by atomic mass is 16.5. The number of carbonyl (C=O) groups is 2. The van der Waals surface area contributed by atoms with Crippen molar-refractivity contribution in [2.24, 2.45) is 0 Å². The maximum atomic E-state index is 12.4. The maximum absolute atomic E-state index is 12.4. The quantitative estimate of drug-likeness (QED) is 0.757. The van der Waals surface area contributed by atoms with Gasteiger partial charge in [-0.3, -0.25) is 9.59 Å². The van der Waals surface area contributed by atoms with E-state index in [0.29, 0.717) is 49.2 Å². The van der Waals surface area contributed by atoms with Crippen molar-refractivity contribution in [2.45, 2.75) is 0 Å². The zero-order chi connectivity index (χ0) is 19.2. The van der Waals surface area contributed by atoms with Crippen LogP contribution in [0.25, 0.3) is 0 Å². The van der Waals surface area contributed by atoms with Crippen molar-refractivity contribution < 1.29 is 19.1 Å². The van der Waals surface area contributed by atoms with E-state index in [4.69, 9.17) is 9.47 Å². The molecule has 2 aromatic rings. The minimum absolute atomic E-state index is 0.208. The summed E-state index contributed by atoms with van der Waals surface area (Å²) in [6.07, 6.45) is 0.852. The van der Waals surface area contributed by atoms with Gasteiger partial charge in [0.05, 0.1) is 14.2 Å². The molecule has 0 unspecified atom stereocenters. The van der Waals surface area contributed by atoms with Crippen LogP contribution in [0.4, 0.5) is 11.5 Å². The molecule has 9 heteroatoms. The van der Waals surface area contributed by atoms with Crippen LogP contribution in [0.3, 0.4) is 0 Å². The summed E-state index contributed by atoms with van der Waals surface area (Å²) in [5, 5.41) is 10.9. The van der Waals surface area contributed by atoms with E-state index in [0.717, 1.165) is 6.41 Å². The van der Waals surface area contributed by atoms with Crippen molar-refractivity contribution in [1.29, 1.82) is 0 Å². The molecule has 9 nitrogen and oxygen atoms in total. The molecule has 1 aliphatic heterocycles. The number of aromatic nitrogens is 2. The predicted octanol–water partition coefficient (Wildman–Crippen LogP) is 1.02. The average molecular weight is 371 g/mol. The van der Waals surface area contributed by atoms with E-state index in [-0.39, 0.29) is 11.6 Å². The lowest BCUT2D eigenvalue weighted by Gasteiger charge is -2.32. The van der Waals surface area contributed by atoms with Gasteiger partial charge in [0.1, 0.15) is 0 Å². The summed E-state index contributed by atoms with van der Waals surface area (Å²) >= 11 is 0. The highest BCUT2D eigenvalue weighted by molar-refractivity contribution is 6.03.